The molecule has 0 amide bonds. The van der Waals surface area contributed by atoms with Crippen molar-refractivity contribution in [1.29, 1.82) is 0 Å². The third-order valence-corrected chi connectivity index (χ3v) is 3.59. The second-order valence-electron chi connectivity index (χ2n) is 5.31. The number of hydrogen-bond donors (Lipinski definition) is 1. The largest absolute Gasteiger partial charge is 0.373 e. The Hall–Kier alpha value is -1.42. The Balaban J connectivity index is 2.35. The molecule has 0 unspecified atom stereocenters. The van der Waals surface area contributed by atoms with Gasteiger partial charge in [-0.2, -0.15) is 0 Å². The van der Waals surface area contributed by atoms with Crippen molar-refractivity contribution in [3.05, 3.63) is 40.0 Å². The molecule has 2 aromatic heterocycles. The summed E-state index contributed by atoms with van der Waals surface area (Å²) in [7, 11) is 1.89. The highest BCUT2D eigenvalue weighted by molar-refractivity contribution is 7.09. The molecule has 0 saturated heterocycles. The molecule has 2 aromatic rings. The van der Waals surface area contributed by atoms with Crippen LogP contribution in [0.5, 0.6) is 0 Å². The van der Waals surface area contributed by atoms with E-state index in [-0.39, 0.29) is 5.41 Å². The number of nitrogens with one attached hydrogen (secondary N) is 1. The predicted octanol–water partition coefficient (Wildman–Crippen LogP) is 3.47. The number of anilines is 1. The lowest BCUT2D eigenvalue weighted by Crippen LogP contribution is -2.16. The first kappa shape index (κ1) is 13.0. The maximum Gasteiger partial charge on any atom is 0.136 e. The van der Waals surface area contributed by atoms with Crippen LogP contribution in [0.3, 0.4) is 0 Å². The smallest absolute Gasteiger partial charge is 0.136 e. The molecule has 0 fully saturated rings. The summed E-state index contributed by atoms with van der Waals surface area (Å²) in [5, 5.41) is 5.20. The van der Waals surface area contributed by atoms with Crippen LogP contribution in [-0.2, 0) is 11.8 Å². The predicted molar refractivity (Wildman–Crippen MR) is 77.4 cm³/mol. The van der Waals surface area contributed by atoms with Crippen molar-refractivity contribution < 1.29 is 0 Å². The van der Waals surface area contributed by atoms with Crippen molar-refractivity contribution in [3.8, 4) is 0 Å². The van der Waals surface area contributed by atoms with Crippen LogP contribution >= 0.6 is 11.3 Å². The van der Waals surface area contributed by atoms with Crippen molar-refractivity contribution in [2.45, 2.75) is 32.6 Å². The van der Waals surface area contributed by atoms with Gasteiger partial charge in [-0.1, -0.05) is 26.8 Å². The number of rotatable bonds is 3. The van der Waals surface area contributed by atoms with Crippen LogP contribution < -0.4 is 5.32 Å². The summed E-state index contributed by atoms with van der Waals surface area (Å²) in [4.78, 5) is 10.5. The summed E-state index contributed by atoms with van der Waals surface area (Å²) < 4.78 is 0. The van der Waals surface area contributed by atoms with Crippen molar-refractivity contribution in [2.24, 2.45) is 0 Å². The lowest BCUT2D eigenvalue weighted by Gasteiger charge is -2.19. The van der Waals surface area contributed by atoms with Crippen LogP contribution in [0.25, 0.3) is 0 Å². The van der Waals surface area contributed by atoms with Crippen LogP contribution in [0.4, 0.5) is 5.82 Å². The van der Waals surface area contributed by atoms with Crippen LogP contribution in [0.1, 0.15) is 37.2 Å². The summed E-state index contributed by atoms with van der Waals surface area (Å²) in [5.74, 6) is 1.77. The molecule has 0 aliphatic rings. The number of aromatic nitrogens is 2. The van der Waals surface area contributed by atoms with E-state index in [0.717, 1.165) is 23.8 Å². The molecule has 3 nitrogen and oxygen atoms in total. The highest BCUT2D eigenvalue weighted by Crippen LogP contribution is 2.23. The molecule has 0 aliphatic carbocycles. The van der Waals surface area contributed by atoms with Gasteiger partial charge < -0.3 is 5.32 Å². The molecule has 2 heterocycles. The van der Waals surface area contributed by atoms with E-state index in [0.29, 0.717) is 0 Å². The molecule has 96 valence electrons. The maximum absolute atomic E-state index is 4.68. The summed E-state index contributed by atoms with van der Waals surface area (Å²) in [6, 6.07) is 6.21. The van der Waals surface area contributed by atoms with Crippen molar-refractivity contribution in [3.63, 3.8) is 0 Å². The van der Waals surface area contributed by atoms with Gasteiger partial charge in [-0.15, -0.1) is 11.3 Å². The Labute approximate surface area is 112 Å². The minimum absolute atomic E-state index is 0.0404. The molecule has 0 spiro atoms. The second kappa shape index (κ2) is 5.06. The molecule has 0 bridgehead atoms. The van der Waals surface area contributed by atoms with Gasteiger partial charge in [-0.25, -0.2) is 9.97 Å². The maximum atomic E-state index is 4.68. The van der Waals surface area contributed by atoms with Gasteiger partial charge in [0.1, 0.15) is 11.6 Å². The van der Waals surface area contributed by atoms with Gasteiger partial charge in [0.15, 0.2) is 0 Å². The third kappa shape index (κ3) is 3.07. The Morgan fingerprint density at radius 1 is 1.28 bits per heavy atom. The summed E-state index contributed by atoms with van der Waals surface area (Å²) >= 11 is 1.74. The lowest BCUT2D eigenvalue weighted by molar-refractivity contribution is 0.563. The molecule has 0 aliphatic heterocycles. The Morgan fingerprint density at radius 3 is 2.61 bits per heavy atom. The Kier molecular flexibility index (Phi) is 3.66. The van der Waals surface area contributed by atoms with E-state index in [1.54, 1.807) is 11.3 Å². The molecule has 0 radical (unpaired) electrons. The quantitative estimate of drug-likeness (QED) is 0.919. The van der Waals surface area contributed by atoms with Gasteiger partial charge in [0.25, 0.3) is 0 Å². The van der Waals surface area contributed by atoms with Gasteiger partial charge in [0.05, 0.1) is 5.69 Å². The molecule has 0 atom stereocenters. The summed E-state index contributed by atoms with van der Waals surface area (Å²) in [6.07, 6.45) is 0.802. The van der Waals surface area contributed by atoms with Gasteiger partial charge in [-0.3, -0.25) is 0 Å². The van der Waals surface area contributed by atoms with E-state index in [2.05, 4.69) is 53.6 Å². The van der Waals surface area contributed by atoms with Gasteiger partial charge in [0.2, 0.25) is 0 Å². The highest BCUT2D eigenvalue weighted by atomic mass is 32.1. The van der Waals surface area contributed by atoms with E-state index in [1.165, 1.54) is 4.88 Å². The zero-order valence-electron chi connectivity index (χ0n) is 11.3. The SMILES string of the molecule is CNc1cc(C(C)(C)C)nc(Cc2cccs2)n1. The molecular formula is C14H19N3S. The fourth-order valence-electron chi connectivity index (χ4n) is 1.66. The van der Waals surface area contributed by atoms with E-state index in [4.69, 9.17) is 0 Å². The summed E-state index contributed by atoms with van der Waals surface area (Å²) in [6.45, 7) is 6.51. The molecular weight excluding hydrogens is 242 g/mol. The van der Waals surface area contributed by atoms with Gasteiger partial charge in [-0.05, 0) is 11.4 Å². The minimum atomic E-state index is 0.0404. The van der Waals surface area contributed by atoms with Crippen molar-refractivity contribution in [2.75, 3.05) is 12.4 Å². The van der Waals surface area contributed by atoms with E-state index in [9.17, 15) is 0 Å². The monoisotopic (exact) mass is 261 g/mol. The van der Waals surface area contributed by atoms with Crippen LogP contribution in [0, 0.1) is 0 Å². The van der Waals surface area contributed by atoms with Crippen molar-refractivity contribution >= 4 is 17.2 Å². The molecule has 1 N–H and O–H groups in total. The van der Waals surface area contributed by atoms with Crippen molar-refractivity contribution in [1.82, 2.24) is 9.97 Å². The number of thiophene rings is 1. The average molecular weight is 261 g/mol. The zero-order valence-corrected chi connectivity index (χ0v) is 12.1. The molecule has 2 rings (SSSR count). The van der Waals surface area contributed by atoms with Gasteiger partial charge in [0, 0.05) is 29.8 Å². The summed E-state index contributed by atoms with van der Waals surface area (Å²) in [5.41, 5.74) is 1.12. The zero-order chi connectivity index (χ0) is 13.2. The van der Waals surface area contributed by atoms with E-state index >= 15 is 0 Å². The van der Waals surface area contributed by atoms with E-state index < -0.39 is 0 Å². The van der Waals surface area contributed by atoms with Crippen LogP contribution in [-0.4, -0.2) is 17.0 Å². The fourth-order valence-corrected chi connectivity index (χ4v) is 2.36. The minimum Gasteiger partial charge on any atom is -0.373 e. The Bertz CT molecular complexity index is 512. The number of hydrogen-bond acceptors (Lipinski definition) is 4. The molecule has 0 saturated carbocycles. The van der Waals surface area contributed by atoms with Gasteiger partial charge >= 0.3 is 0 Å². The Morgan fingerprint density at radius 2 is 2.06 bits per heavy atom. The normalized spacial score (nSPS) is 11.6. The average Bonchev–Trinajstić information content (AvgIpc) is 2.80. The lowest BCUT2D eigenvalue weighted by atomic mass is 9.92. The first-order chi connectivity index (χ1) is 8.49. The molecule has 4 heteroatoms. The third-order valence-electron chi connectivity index (χ3n) is 2.71. The molecule has 0 aromatic carbocycles. The first-order valence-corrected chi connectivity index (χ1v) is 6.95. The second-order valence-corrected chi connectivity index (χ2v) is 6.34. The topological polar surface area (TPSA) is 37.8 Å². The van der Waals surface area contributed by atoms with Crippen LogP contribution in [0.2, 0.25) is 0 Å². The number of nitrogens with zero attached hydrogens (tertiary/aromatic N) is 2. The van der Waals surface area contributed by atoms with E-state index in [1.807, 2.05) is 13.1 Å². The van der Waals surface area contributed by atoms with Crippen LogP contribution in [0.15, 0.2) is 23.6 Å². The highest BCUT2D eigenvalue weighted by Gasteiger charge is 2.17. The fraction of sp³-hybridized carbons (Fsp3) is 0.429. The standard InChI is InChI=1S/C14H19N3S/c1-14(2,3)11-9-12(15-4)17-13(16-11)8-10-6-5-7-18-10/h5-7,9H,8H2,1-4H3,(H,15,16,17). The first-order valence-electron chi connectivity index (χ1n) is 6.07. The molecule has 18 heavy (non-hydrogen) atoms.